The van der Waals surface area contributed by atoms with E-state index in [-0.39, 0.29) is 0 Å². The molecular formula is C16H25NO2. The molecule has 1 aromatic carbocycles. The molecule has 1 fully saturated rings. The highest BCUT2D eigenvalue weighted by molar-refractivity contribution is 5.49. The largest absolute Gasteiger partial charge is 0.496 e. The monoisotopic (exact) mass is 263 g/mol. The molecule has 0 spiro atoms. The van der Waals surface area contributed by atoms with Crippen LogP contribution in [0.1, 0.15) is 43.2 Å². The highest BCUT2D eigenvalue weighted by atomic mass is 16.5. The zero-order chi connectivity index (χ0) is 13.7. The lowest BCUT2D eigenvalue weighted by Crippen LogP contribution is -2.30. The Kier molecular flexibility index (Phi) is 5.08. The van der Waals surface area contributed by atoms with Gasteiger partial charge in [0, 0.05) is 23.7 Å². The summed E-state index contributed by atoms with van der Waals surface area (Å²) < 4.78 is 10.9. The van der Waals surface area contributed by atoms with Gasteiger partial charge in [-0.05, 0) is 25.8 Å². The molecule has 106 valence electrons. The Morgan fingerprint density at radius 3 is 2.47 bits per heavy atom. The molecule has 0 bridgehead atoms. The van der Waals surface area contributed by atoms with Crippen LogP contribution in [0, 0.1) is 6.92 Å². The van der Waals surface area contributed by atoms with Gasteiger partial charge < -0.3 is 14.8 Å². The molecule has 0 amide bonds. The molecule has 1 N–H and O–H groups in total. The molecule has 0 unspecified atom stereocenters. The van der Waals surface area contributed by atoms with Crippen molar-refractivity contribution in [2.75, 3.05) is 14.2 Å². The molecule has 1 aliphatic rings. The zero-order valence-corrected chi connectivity index (χ0v) is 12.3. The molecule has 1 aliphatic carbocycles. The van der Waals surface area contributed by atoms with Gasteiger partial charge in [0.05, 0.1) is 14.2 Å². The van der Waals surface area contributed by atoms with Crippen LogP contribution in [-0.2, 0) is 6.54 Å². The van der Waals surface area contributed by atoms with Gasteiger partial charge in [0.15, 0.2) is 0 Å². The summed E-state index contributed by atoms with van der Waals surface area (Å²) in [4.78, 5) is 0. The van der Waals surface area contributed by atoms with Gasteiger partial charge in [-0.15, -0.1) is 0 Å². The van der Waals surface area contributed by atoms with Crippen LogP contribution in [0.3, 0.4) is 0 Å². The molecule has 3 nitrogen and oxygen atoms in total. The third-order valence-electron chi connectivity index (χ3n) is 4.05. The van der Waals surface area contributed by atoms with E-state index in [0.29, 0.717) is 6.04 Å². The fourth-order valence-electron chi connectivity index (χ4n) is 2.94. The van der Waals surface area contributed by atoms with Gasteiger partial charge in [-0.3, -0.25) is 0 Å². The lowest BCUT2D eigenvalue weighted by atomic mass is 9.95. The summed E-state index contributed by atoms with van der Waals surface area (Å²) in [5.41, 5.74) is 2.29. The molecule has 1 saturated carbocycles. The number of hydrogen-bond acceptors (Lipinski definition) is 3. The summed E-state index contributed by atoms with van der Waals surface area (Å²) in [5.74, 6) is 1.83. The van der Waals surface area contributed by atoms with E-state index in [4.69, 9.17) is 9.47 Å². The Hall–Kier alpha value is -1.22. The molecule has 0 saturated heterocycles. The highest BCUT2D eigenvalue weighted by Gasteiger charge is 2.15. The molecule has 19 heavy (non-hydrogen) atoms. The third-order valence-corrected chi connectivity index (χ3v) is 4.05. The average Bonchev–Trinajstić information content (AvgIpc) is 2.46. The van der Waals surface area contributed by atoms with E-state index in [2.05, 4.69) is 11.4 Å². The van der Waals surface area contributed by atoms with E-state index in [1.54, 1.807) is 14.2 Å². The maximum atomic E-state index is 5.54. The van der Waals surface area contributed by atoms with Crippen molar-refractivity contribution in [1.82, 2.24) is 5.32 Å². The van der Waals surface area contributed by atoms with Crippen LogP contribution in [0.25, 0.3) is 0 Å². The van der Waals surface area contributed by atoms with Gasteiger partial charge >= 0.3 is 0 Å². The topological polar surface area (TPSA) is 30.5 Å². The zero-order valence-electron chi connectivity index (χ0n) is 12.3. The predicted molar refractivity (Wildman–Crippen MR) is 78.0 cm³/mol. The van der Waals surface area contributed by atoms with E-state index in [1.165, 1.54) is 37.7 Å². The smallest absolute Gasteiger partial charge is 0.129 e. The fourth-order valence-corrected chi connectivity index (χ4v) is 2.94. The summed E-state index contributed by atoms with van der Waals surface area (Å²) in [6, 6.07) is 4.79. The number of hydrogen-bond donors (Lipinski definition) is 1. The summed E-state index contributed by atoms with van der Waals surface area (Å²) in [5, 5.41) is 3.66. The average molecular weight is 263 g/mol. The summed E-state index contributed by atoms with van der Waals surface area (Å²) >= 11 is 0. The van der Waals surface area contributed by atoms with Gasteiger partial charge in [-0.1, -0.05) is 25.3 Å². The van der Waals surface area contributed by atoms with E-state index in [9.17, 15) is 0 Å². The van der Waals surface area contributed by atoms with Gasteiger partial charge in [-0.2, -0.15) is 0 Å². The van der Waals surface area contributed by atoms with Crippen LogP contribution in [-0.4, -0.2) is 20.3 Å². The molecule has 0 aromatic heterocycles. The van der Waals surface area contributed by atoms with Crippen molar-refractivity contribution in [3.05, 3.63) is 23.3 Å². The Bertz CT molecular complexity index is 411. The summed E-state index contributed by atoms with van der Waals surface area (Å²) in [6.45, 7) is 2.92. The van der Waals surface area contributed by atoms with E-state index in [0.717, 1.165) is 23.6 Å². The first-order valence-electron chi connectivity index (χ1n) is 7.20. The molecule has 0 heterocycles. The Morgan fingerprint density at radius 1 is 1.11 bits per heavy atom. The standard InChI is InChI=1S/C16H25NO2/c1-12-15(18-2)10-9-13(16(12)19-3)11-17-14-7-5-4-6-8-14/h9-10,14,17H,4-8,11H2,1-3H3. The molecule has 0 radical (unpaired) electrons. The van der Waals surface area contributed by atoms with Gasteiger partial charge in [0.1, 0.15) is 11.5 Å². The molecule has 1 aromatic rings. The Balaban J connectivity index is 2.04. The maximum absolute atomic E-state index is 5.54. The minimum Gasteiger partial charge on any atom is -0.496 e. The van der Waals surface area contributed by atoms with Crippen LogP contribution in [0.2, 0.25) is 0 Å². The van der Waals surface area contributed by atoms with Crippen LogP contribution in [0.15, 0.2) is 12.1 Å². The van der Waals surface area contributed by atoms with Crippen LogP contribution in [0.4, 0.5) is 0 Å². The molecule has 0 atom stereocenters. The number of benzene rings is 1. The first kappa shape index (κ1) is 14.2. The number of methoxy groups -OCH3 is 2. The molecule has 2 rings (SSSR count). The van der Waals surface area contributed by atoms with Gasteiger partial charge in [0.2, 0.25) is 0 Å². The van der Waals surface area contributed by atoms with E-state index in [1.807, 2.05) is 13.0 Å². The quantitative estimate of drug-likeness (QED) is 0.882. The van der Waals surface area contributed by atoms with Gasteiger partial charge in [-0.25, -0.2) is 0 Å². The van der Waals surface area contributed by atoms with E-state index < -0.39 is 0 Å². The number of rotatable bonds is 5. The maximum Gasteiger partial charge on any atom is 0.129 e. The Morgan fingerprint density at radius 2 is 1.84 bits per heavy atom. The van der Waals surface area contributed by atoms with Crippen molar-refractivity contribution in [1.29, 1.82) is 0 Å². The lowest BCUT2D eigenvalue weighted by molar-refractivity contribution is 0.361. The number of ether oxygens (including phenoxy) is 2. The predicted octanol–water partition coefficient (Wildman–Crippen LogP) is 3.43. The molecular weight excluding hydrogens is 238 g/mol. The van der Waals surface area contributed by atoms with Crippen molar-refractivity contribution in [2.45, 2.75) is 51.6 Å². The first-order valence-corrected chi connectivity index (χ1v) is 7.20. The van der Waals surface area contributed by atoms with Gasteiger partial charge in [0.25, 0.3) is 0 Å². The van der Waals surface area contributed by atoms with Crippen molar-refractivity contribution < 1.29 is 9.47 Å². The van der Waals surface area contributed by atoms with E-state index >= 15 is 0 Å². The molecule has 0 aliphatic heterocycles. The minimum absolute atomic E-state index is 0.667. The van der Waals surface area contributed by atoms with Crippen molar-refractivity contribution in [2.24, 2.45) is 0 Å². The second-order valence-corrected chi connectivity index (χ2v) is 5.30. The highest BCUT2D eigenvalue weighted by Crippen LogP contribution is 2.31. The van der Waals surface area contributed by atoms with Crippen LogP contribution < -0.4 is 14.8 Å². The second kappa shape index (κ2) is 6.80. The fraction of sp³-hybridized carbons (Fsp3) is 0.625. The van der Waals surface area contributed by atoms with Crippen molar-refractivity contribution in [3.63, 3.8) is 0 Å². The summed E-state index contributed by atoms with van der Waals surface area (Å²) in [6.07, 6.45) is 6.71. The SMILES string of the molecule is COc1ccc(CNC2CCCCC2)c(OC)c1C. The van der Waals surface area contributed by atoms with Crippen molar-refractivity contribution in [3.8, 4) is 11.5 Å². The molecule has 3 heteroatoms. The second-order valence-electron chi connectivity index (χ2n) is 5.30. The normalized spacial score (nSPS) is 16.4. The van der Waals surface area contributed by atoms with Crippen molar-refractivity contribution >= 4 is 0 Å². The number of nitrogens with one attached hydrogen (secondary N) is 1. The first-order chi connectivity index (χ1) is 9.26. The third kappa shape index (κ3) is 3.41. The minimum atomic E-state index is 0.667. The Labute approximate surface area is 116 Å². The summed E-state index contributed by atoms with van der Waals surface area (Å²) in [7, 11) is 3.42. The lowest BCUT2D eigenvalue weighted by Gasteiger charge is -2.23. The van der Waals surface area contributed by atoms with Crippen LogP contribution in [0.5, 0.6) is 11.5 Å². The van der Waals surface area contributed by atoms with Crippen LogP contribution >= 0.6 is 0 Å².